The van der Waals surface area contributed by atoms with E-state index < -0.39 is 0 Å². The quantitative estimate of drug-likeness (QED) is 0.793. The van der Waals surface area contributed by atoms with Gasteiger partial charge in [-0.25, -0.2) is 4.98 Å². The lowest BCUT2D eigenvalue weighted by Crippen LogP contribution is -2.03. The zero-order chi connectivity index (χ0) is 14.8. The van der Waals surface area contributed by atoms with E-state index in [0.717, 1.165) is 40.1 Å². The lowest BCUT2D eigenvalue weighted by Gasteiger charge is -2.13. The third-order valence-electron chi connectivity index (χ3n) is 3.54. The second-order valence-electron chi connectivity index (χ2n) is 4.89. The van der Waals surface area contributed by atoms with E-state index in [4.69, 9.17) is 4.74 Å². The second kappa shape index (κ2) is 5.69. The third-order valence-corrected chi connectivity index (χ3v) is 4.48. The number of aryl methyl sites for hydroxylation is 2. The number of benzene rings is 1. The number of anilines is 1. The Hall–Kier alpha value is -2.14. The average Bonchev–Trinajstić information content (AvgIpc) is 2.91. The van der Waals surface area contributed by atoms with E-state index >= 15 is 0 Å². The van der Waals surface area contributed by atoms with Crippen LogP contribution < -0.4 is 10.1 Å². The van der Waals surface area contributed by atoms with Gasteiger partial charge in [0.15, 0.2) is 0 Å². The summed E-state index contributed by atoms with van der Waals surface area (Å²) in [5.74, 6) is 0.796. The van der Waals surface area contributed by atoms with Crippen LogP contribution >= 0.6 is 11.3 Å². The number of rotatable bonds is 4. The predicted octanol–water partition coefficient (Wildman–Crippen LogP) is 3.93. The maximum atomic E-state index is 5.39. The molecule has 0 aliphatic carbocycles. The van der Waals surface area contributed by atoms with E-state index in [0.29, 0.717) is 0 Å². The van der Waals surface area contributed by atoms with E-state index in [1.54, 1.807) is 18.4 Å². The molecule has 0 atom stereocenters. The third kappa shape index (κ3) is 2.56. The van der Waals surface area contributed by atoms with Crippen molar-refractivity contribution in [3.63, 3.8) is 0 Å². The number of hydrogen-bond acceptors (Lipinski definition) is 5. The van der Waals surface area contributed by atoms with Gasteiger partial charge in [-0.15, -0.1) is 11.3 Å². The average molecular weight is 299 g/mol. The number of methoxy groups -OCH3 is 1. The van der Waals surface area contributed by atoms with Gasteiger partial charge in [0.2, 0.25) is 0 Å². The Balaban J connectivity index is 2.01. The van der Waals surface area contributed by atoms with Crippen molar-refractivity contribution in [2.45, 2.75) is 20.4 Å². The Kier molecular flexibility index (Phi) is 3.75. The van der Waals surface area contributed by atoms with E-state index in [-0.39, 0.29) is 0 Å². The molecule has 1 N–H and O–H groups in total. The van der Waals surface area contributed by atoms with Crippen LogP contribution in [-0.2, 0) is 6.54 Å². The molecule has 3 rings (SSSR count). The Morgan fingerprint density at radius 2 is 2.10 bits per heavy atom. The predicted molar refractivity (Wildman–Crippen MR) is 87.2 cm³/mol. The molecule has 0 amide bonds. The molecule has 2 heterocycles. The summed E-state index contributed by atoms with van der Waals surface area (Å²) in [6, 6.07) is 5.99. The van der Waals surface area contributed by atoms with Gasteiger partial charge in [-0.05, 0) is 25.5 Å². The van der Waals surface area contributed by atoms with Crippen LogP contribution in [0.1, 0.15) is 16.1 Å². The smallest absolute Gasteiger partial charge is 0.145 e. The van der Waals surface area contributed by atoms with Crippen LogP contribution in [0, 0.1) is 13.8 Å². The Labute approximate surface area is 127 Å². The first-order chi connectivity index (χ1) is 10.2. The lowest BCUT2D eigenvalue weighted by molar-refractivity contribution is 0.419. The van der Waals surface area contributed by atoms with Gasteiger partial charge < -0.3 is 10.1 Å². The van der Waals surface area contributed by atoms with Gasteiger partial charge in [-0.2, -0.15) is 0 Å². The molecule has 0 aliphatic heterocycles. The summed E-state index contributed by atoms with van der Waals surface area (Å²) in [5.41, 5.74) is 6.08. The van der Waals surface area contributed by atoms with Crippen LogP contribution in [0.5, 0.6) is 5.75 Å². The molecule has 0 saturated heterocycles. The van der Waals surface area contributed by atoms with Crippen molar-refractivity contribution in [3.8, 4) is 5.75 Å². The molecule has 0 spiro atoms. The number of ether oxygens (including phenoxy) is 1. The second-order valence-corrected chi connectivity index (χ2v) is 5.83. The molecule has 108 valence electrons. The number of aromatic nitrogens is 2. The molecule has 3 aromatic rings. The van der Waals surface area contributed by atoms with Crippen molar-refractivity contribution < 1.29 is 4.74 Å². The number of fused-ring (bicyclic) bond motifs is 1. The van der Waals surface area contributed by atoms with Gasteiger partial charge in [-0.1, -0.05) is 12.1 Å². The van der Waals surface area contributed by atoms with Crippen molar-refractivity contribution in [2.24, 2.45) is 0 Å². The molecule has 5 heteroatoms. The van der Waals surface area contributed by atoms with Crippen LogP contribution in [-0.4, -0.2) is 17.1 Å². The molecular weight excluding hydrogens is 282 g/mol. The first-order valence-corrected chi connectivity index (χ1v) is 7.64. The van der Waals surface area contributed by atoms with Crippen molar-refractivity contribution in [1.82, 2.24) is 9.97 Å². The number of hydrogen-bond donors (Lipinski definition) is 1. The molecule has 0 fully saturated rings. The standard InChI is InChI=1S/C16H17N3OS/c1-10-7-17-16-12(5-4-6-13(16)20-3)15(10)18-8-14-11(2)19-9-21-14/h4-7,9H,8H2,1-3H3,(H,17,18). The Bertz CT molecular complexity index is 782. The van der Waals surface area contributed by atoms with Crippen molar-refractivity contribution in [3.05, 3.63) is 46.0 Å². The molecule has 0 saturated carbocycles. The molecule has 0 unspecified atom stereocenters. The minimum Gasteiger partial charge on any atom is -0.494 e. The van der Waals surface area contributed by atoms with Crippen molar-refractivity contribution >= 4 is 27.9 Å². The molecule has 1 aromatic carbocycles. The fourth-order valence-electron chi connectivity index (χ4n) is 2.36. The normalized spacial score (nSPS) is 10.8. The molecular formula is C16H17N3OS. The first kappa shape index (κ1) is 13.8. The molecule has 21 heavy (non-hydrogen) atoms. The maximum Gasteiger partial charge on any atom is 0.145 e. The van der Waals surface area contributed by atoms with E-state index in [1.807, 2.05) is 30.8 Å². The van der Waals surface area contributed by atoms with Crippen molar-refractivity contribution in [2.75, 3.05) is 12.4 Å². The topological polar surface area (TPSA) is 47.0 Å². The van der Waals surface area contributed by atoms with E-state index in [2.05, 4.69) is 28.3 Å². The highest BCUT2D eigenvalue weighted by atomic mass is 32.1. The lowest BCUT2D eigenvalue weighted by atomic mass is 10.1. The molecule has 4 nitrogen and oxygen atoms in total. The number of nitrogens with one attached hydrogen (secondary N) is 1. The van der Waals surface area contributed by atoms with E-state index in [9.17, 15) is 0 Å². The SMILES string of the molecule is COc1cccc2c(NCc3scnc3C)c(C)cnc12. The summed E-state index contributed by atoms with van der Waals surface area (Å²) in [5, 5.41) is 4.61. The van der Waals surface area contributed by atoms with Crippen LogP contribution in [0.25, 0.3) is 10.9 Å². The summed E-state index contributed by atoms with van der Waals surface area (Å²) < 4.78 is 5.39. The highest BCUT2D eigenvalue weighted by molar-refractivity contribution is 7.09. The van der Waals surface area contributed by atoms with Gasteiger partial charge in [0, 0.05) is 22.1 Å². The molecule has 0 bridgehead atoms. The zero-order valence-corrected chi connectivity index (χ0v) is 13.1. The summed E-state index contributed by atoms with van der Waals surface area (Å²) in [7, 11) is 1.67. The number of nitrogens with zero attached hydrogens (tertiary/aromatic N) is 2. The Morgan fingerprint density at radius 3 is 2.81 bits per heavy atom. The van der Waals surface area contributed by atoms with Gasteiger partial charge in [0.25, 0.3) is 0 Å². The van der Waals surface area contributed by atoms with Crippen LogP contribution in [0.3, 0.4) is 0 Å². The fraction of sp³-hybridized carbons (Fsp3) is 0.250. The number of thiazole rings is 1. The summed E-state index contributed by atoms with van der Waals surface area (Å²) >= 11 is 1.67. The van der Waals surface area contributed by atoms with Gasteiger partial charge in [0.05, 0.1) is 24.9 Å². The first-order valence-electron chi connectivity index (χ1n) is 6.76. The van der Waals surface area contributed by atoms with Crippen LogP contribution in [0.15, 0.2) is 29.9 Å². The molecule has 0 aliphatic rings. The fourth-order valence-corrected chi connectivity index (χ4v) is 3.08. The highest BCUT2D eigenvalue weighted by Crippen LogP contribution is 2.31. The monoisotopic (exact) mass is 299 g/mol. The summed E-state index contributed by atoms with van der Waals surface area (Å²) in [6.07, 6.45) is 1.88. The number of pyridine rings is 1. The van der Waals surface area contributed by atoms with Crippen LogP contribution in [0.4, 0.5) is 5.69 Å². The largest absolute Gasteiger partial charge is 0.494 e. The maximum absolute atomic E-state index is 5.39. The van der Waals surface area contributed by atoms with E-state index in [1.165, 1.54) is 4.88 Å². The molecule has 2 aromatic heterocycles. The minimum atomic E-state index is 0.771. The van der Waals surface area contributed by atoms with Crippen molar-refractivity contribution in [1.29, 1.82) is 0 Å². The summed E-state index contributed by atoms with van der Waals surface area (Å²) in [6.45, 7) is 4.87. The van der Waals surface area contributed by atoms with Gasteiger partial charge in [-0.3, -0.25) is 4.98 Å². The molecule has 0 radical (unpaired) electrons. The Morgan fingerprint density at radius 1 is 1.24 bits per heavy atom. The van der Waals surface area contributed by atoms with Crippen LogP contribution in [0.2, 0.25) is 0 Å². The minimum absolute atomic E-state index is 0.771. The number of para-hydroxylation sites is 1. The highest BCUT2D eigenvalue weighted by Gasteiger charge is 2.10. The zero-order valence-electron chi connectivity index (χ0n) is 12.3. The van der Waals surface area contributed by atoms with Gasteiger partial charge >= 0.3 is 0 Å². The van der Waals surface area contributed by atoms with Gasteiger partial charge in [0.1, 0.15) is 11.3 Å². The summed E-state index contributed by atoms with van der Waals surface area (Å²) in [4.78, 5) is 10.0.